The van der Waals surface area contributed by atoms with E-state index in [0.29, 0.717) is 16.7 Å². The fourth-order valence-corrected chi connectivity index (χ4v) is 10.5. The van der Waals surface area contributed by atoms with Crippen LogP contribution in [0.5, 0.6) is 0 Å². The second-order valence-corrected chi connectivity index (χ2v) is 14.6. The molecule has 140 valence electrons. The van der Waals surface area contributed by atoms with Crippen LogP contribution in [0.15, 0.2) is 91.0 Å². The monoisotopic (exact) mass is 442 g/mol. The molecule has 28 heavy (non-hydrogen) atoms. The van der Waals surface area contributed by atoms with Gasteiger partial charge in [0.2, 0.25) is 15.3 Å². The van der Waals surface area contributed by atoms with Crippen molar-refractivity contribution in [3.63, 3.8) is 0 Å². The van der Waals surface area contributed by atoms with Gasteiger partial charge in [0.25, 0.3) is 0 Å². The molecule has 0 radical (unpaired) electrons. The highest BCUT2D eigenvalue weighted by Gasteiger charge is 2.25. The van der Waals surface area contributed by atoms with Gasteiger partial charge in [-0.1, -0.05) is 91.0 Å². The molecule has 0 saturated heterocycles. The van der Waals surface area contributed by atoms with Crippen molar-refractivity contribution < 1.29 is 14.4 Å². The van der Waals surface area contributed by atoms with Crippen LogP contribution in [-0.2, 0) is 0 Å². The van der Waals surface area contributed by atoms with E-state index < -0.39 is 5.53 Å². The van der Waals surface area contributed by atoms with Gasteiger partial charge in [0.1, 0.15) is 0 Å². The predicted octanol–water partition coefficient (Wildman–Crippen LogP) is 6.93. The summed E-state index contributed by atoms with van der Waals surface area (Å²) in [5.41, 5.74) is 0.320. The molecule has 0 aliphatic rings. The fourth-order valence-electron chi connectivity index (χ4n) is 2.14. The third kappa shape index (κ3) is 6.08. The van der Waals surface area contributed by atoms with Crippen molar-refractivity contribution in [2.75, 3.05) is 0 Å². The Morgan fingerprint density at radius 2 is 0.714 bits per heavy atom. The molecular formula is C21H15O3PS3. The summed E-state index contributed by atoms with van der Waals surface area (Å²) in [5, 5.41) is -0.435. The molecule has 3 nitrogen and oxygen atoms in total. The maximum atomic E-state index is 12.6. The number of carbonyl (C=O) groups is 3. The highest BCUT2D eigenvalue weighted by Crippen LogP contribution is 2.72. The van der Waals surface area contributed by atoms with Crippen molar-refractivity contribution in [2.45, 2.75) is 0 Å². The smallest absolute Gasteiger partial charge is 0.225 e. The van der Waals surface area contributed by atoms with Crippen LogP contribution in [0, 0.1) is 0 Å². The van der Waals surface area contributed by atoms with Crippen LogP contribution in [0.2, 0.25) is 0 Å². The Morgan fingerprint density at radius 3 is 0.964 bits per heavy atom. The maximum Gasteiger partial charge on any atom is 0.225 e. The Labute approximate surface area is 176 Å². The summed E-state index contributed by atoms with van der Waals surface area (Å²) in [6.07, 6.45) is 0. The van der Waals surface area contributed by atoms with Crippen molar-refractivity contribution in [2.24, 2.45) is 0 Å². The van der Waals surface area contributed by atoms with Gasteiger partial charge < -0.3 is 0 Å². The summed E-state index contributed by atoms with van der Waals surface area (Å²) in [7, 11) is 0. The molecule has 0 amide bonds. The minimum atomic E-state index is -1.35. The first-order valence-corrected chi connectivity index (χ1v) is 13.9. The highest BCUT2D eigenvalue weighted by atomic mass is 33.4. The first-order valence-electron chi connectivity index (χ1n) is 8.25. The number of benzene rings is 3. The van der Waals surface area contributed by atoms with Crippen LogP contribution < -0.4 is 0 Å². The van der Waals surface area contributed by atoms with E-state index in [1.165, 1.54) is 0 Å². The second kappa shape index (κ2) is 10.6. The van der Waals surface area contributed by atoms with Crippen molar-refractivity contribution in [1.29, 1.82) is 0 Å². The maximum absolute atomic E-state index is 12.6. The Bertz CT molecular complexity index is 823. The van der Waals surface area contributed by atoms with Crippen LogP contribution >= 0.6 is 39.7 Å². The Balaban J connectivity index is 1.76. The molecule has 0 heterocycles. The summed E-state index contributed by atoms with van der Waals surface area (Å²) >= 11 is 3.16. The van der Waals surface area contributed by atoms with Gasteiger partial charge in [-0.25, -0.2) is 0 Å². The van der Waals surface area contributed by atoms with Gasteiger partial charge in [0.05, 0.1) is 5.53 Å². The molecule has 0 spiro atoms. The van der Waals surface area contributed by atoms with Crippen LogP contribution in [0.1, 0.15) is 31.1 Å². The van der Waals surface area contributed by atoms with Gasteiger partial charge in [-0.3, -0.25) is 14.4 Å². The van der Waals surface area contributed by atoms with Crippen molar-refractivity contribution >= 4 is 55.0 Å². The van der Waals surface area contributed by atoms with E-state index in [1.807, 2.05) is 18.2 Å². The van der Waals surface area contributed by atoms with Crippen LogP contribution in [0.3, 0.4) is 0 Å². The lowest BCUT2D eigenvalue weighted by Crippen LogP contribution is -1.95. The molecule has 0 aromatic heterocycles. The summed E-state index contributed by atoms with van der Waals surface area (Å²) in [5.74, 6) is 0. The number of rotatable bonds is 6. The lowest BCUT2D eigenvalue weighted by atomic mass is 10.2. The molecule has 0 N–H and O–H groups in total. The number of hydrogen-bond acceptors (Lipinski definition) is 6. The first-order chi connectivity index (χ1) is 13.6. The zero-order chi connectivity index (χ0) is 19.8. The largest absolute Gasteiger partial charge is 0.281 e. The molecule has 7 heteroatoms. The van der Waals surface area contributed by atoms with Crippen LogP contribution in [0.4, 0.5) is 0 Å². The van der Waals surface area contributed by atoms with Crippen molar-refractivity contribution in [3.05, 3.63) is 108 Å². The van der Waals surface area contributed by atoms with Crippen molar-refractivity contribution in [1.82, 2.24) is 0 Å². The van der Waals surface area contributed by atoms with E-state index >= 15 is 0 Å². The SMILES string of the molecule is O=C(SP(SC(=O)c1ccccc1)SC(=O)c1ccccc1)c1ccccc1. The summed E-state index contributed by atoms with van der Waals surface area (Å²) < 4.78 is 0. The molecule has 0 aliphatic heterocycles. The van der Waals surface area contributed by atoms with E-state index in [-0.39, 0.29) is 15.3 Å². The van der Waals surface area contributed by atoms with Crippen LogP contribution in [-0.4, -0.2) is 15.3 Å². The molecule has 3 aromatic rings. The predicted molar refractivity (Wildman–Crippen MR) is 122 cm³/mol. The standard InChI is InChI=1S/C21H15O3PS3/c22-19(16-10-4-1-5-11-16)26-25(27-20(23)17-12-6-2-7-13-17)28-21(24)18-14-8-3-9-15-18/h1-15H. The lowest BCUT2D eigenvalue weighted by Gasteiger charge is -2.13. The van der Waals surface area contributed by atoms with Gasteiger partial charge in [0, 0.05) is 16.7 Å². The number of hydrogen-bond donors (Lipinski definition) is 0. The first kappa shape index (κ1) is 20.9. The summed E-state index contributed by atoms with van der Waals surface area (Å²) in [4.78, 5) is 37.9. The average Bonchev–Trinajstić information content (AvgIpc) is 2.75. The molecule has 3 aromatic carbocycles. The van der Waals surface area contributed by atoms with E-state index in [4.69, 9.17) is 0 Å². The molecule has 0 unspecified atom stereocenters. The molecule has 3 rings (SSSR count). The quantitative estimate of drug-likeness (QED) is 0.386. The van der Waals surface area contributed by atoms with Crippen molar-refractivity contribution in [3.8, 4) is 0 Å². The second-order valence-electron chi connectivity index (χ2n) is 5.46. The zero-order valence-corrected chi connectivity index (χ0v) is 17.9. The highest BCUT2D eigenvalue weighted by molar-refractivity contribution is 9.18. The summed E-state index contributed by atoms with van der Waals surface area (Å²) in [6.45, 7) is 0. The van der Waals surface area contributed by atoms with Crippen LogP contribution in [0.25, 0.3) is 0 Å². The Kier molecular flexibility index (Phi) is 7.92. The molecule has 0 aliphatic carbocycles. The van der Waals surface area contributed by atoms with Gasteiger partial charge in [-0.05, 0) is 34.1 Å². The molecular weight excluding hydrogens is 427 g/mol. The number of carbonyl (C=O) groups excluding carboxylic acids is 3. The Hall–Kier alpha value is -1.85. The average molecular weight is 443 g/mol. The molecule has 0 atom stereocenters. The molecule has 0 bridgehead atoms. The third-order valence-electron chi connectivity index (χ3n) is 3.50. The normalized spacial score (nSPS) is 10.6. The lowest BCUT2D eigenvalue weighted by molar-refractivity contribution is 0.108. The van der Waals surface area contributed by atoms with E-state index in [1.54, 1.807) is 72.8 Å². The molecule has 0 fully saturated rings. The third-order valence-corrected chi connectivity index (χ3v) is 12.0. The Morgan fingerprint density at radius 1 is 0.464 bits per heavy atom. The van der Waals surface area contributed by atoms with E-state index in [2.05, 4.69) is 0 Å². The minimum absolute atomic E-state index is 0.145. The van der Waals surface area contributed by atoms with Gasteiger partial charge >= 0.3 is 0 Å². The molecule has 0 saturated carbocycles. The minimum Gasteiger partial charge on any atom is -0.281 e. The van der Waals surface area contributed by atoms with Gasteiger partial charge in [-0.2, -0.15) is 0 Å². The summed E-state index contributed by atoms with van der Waals surface area (Å²) in [6, 6.07) is 26.7. The van der Waals surface area contributed by atoms with E-state index in [0.717, 1.165) is 34.1 Å². The topological polar surface area (TPSA) is 51.2 Å². The van der Waals surface area contributed by atoms with Gasteiger partial charge in [-0.15, -0.1) is 0 Å². The fraction of sp³-hybridized carbons (Fsp3) is 0. The van der Waals surface area contributed by atoms with E-state index in [9.17, 15) is 14.4 Å². The zero-order valence-electron chi connectivity index (χ0n) is 14.6. The van der Waals surface area contributed by atoms with Gasteiger partial charge in [0.15, 0.2) is 0 Å².